The van der Waals surface area contributed by atoms with Crippen molar-refractivity contribution in [1.29, 1.82) is 0 Å². The molecule has 5 heteroatoms. The van der Waals surface area contributed by atoms with Crippen LogP contribution in [0.15, 0.2) is 36.4 Å². The standard InChI is InChI=1S/C14H13ClN2O2/c1-8-2-4-10(7-11(8)15)17-13-6-9(14(18)19)3-5-12(13)16/h2-7,17H,16H2,1H3,(H,18,19). The number of aryl methyl sites for hydroxylation is 1. The first-order valence-electron chi connectivity index (χ1n) is 5.63. The number of benzene rings is 2. The lowest BCUT2D eigenvalue weighted by Gasteiger charge is -2.11. The van der Waals surface area contributed by atoms with Crippen LogP contribution in [-0.2, 0) is 0 Å². The highest BCUT2D eigenvalue weighted by Crippen LogP contribution is 2.27. The van der Waals surface area contributed by atoms with Crippen molar-refractivity contribution >= 4 is 34.6 Å². The van der Waals surface area contributed by atoms with Crippen molar-refractivity contribution in [2.24, 2.45) is 0 Å². The number of nitrogens with two attached hydrogens (primary N) is 1. The molecule has 4 nitrogen and oxygen atoms in total. The summed E-state index contributed by atoms with van der Waals surface area (Å²) >= 11 is 6.04. The van der Waals surface area contributed by atoms with E-state index in [4.69, 9.17) is 22.4 Å². The number of anilines is 3. The zero-order valence-electron chi connectivity index (χ0n) is 10.3. The van der Waals surface area contributed by atoms with Crippen molar-refractivity contribution in [3.8, 4) is 0 Å². The Balaban J connectivity index is 2.34. The Labute approximate surface area is 115 Å². The first-order valence-corrected chi connectivity index (χ1v) is 6.01. The second-order valence-electron chi connectivity index (χ2n) is 4.20. The molecule has 0 radical (unpaired) electrons. The number of nitrogens with one attached hydrogen (secondary N) is 1. The highest BCUT2D eigenvalue weighted by Gasteiger charge is 2.07. The molecule has 2 aromatic carbocycles. The number of carboxylic acids is 1. The minimum Gasteiger partial charge on any atom is -0.478 e. The van der Waals surface area contributed by atoms with Crippen LogP contribution in [-0.4, -0.2) is 11.1 Å². The Kier molecular flexibility index (Phi) is 3.62. The third-order valence-electron chi connectivity index (χ3n) is 2.75. The lowest BCUT2D eigenvalue weighted by atomic mass is 10.1. The van der Waals surface area contributed by atoms with E-state index in [9.17, 15) is 4.79 Å². The van der Waals surface area contributed by atoms with Gasteiger partial charge in [0.15, 0.2) is 0 Å². The summed E-state index contributed by atoms with van der Waals surface area (Å²) < 4.78 is 0. The van der Waals surface area contributed by atoms with Crippen LogP contribution in [0, 0.1) is 6.92 Å². The molecular weight excluding hydrogens is 264 g/mol. The van der Waals surface area contributed by atoms with E-state index < -0.39 is 5.97 Å². The Morgan fingerprint density at radius 2 is 2.00 bits per heavy atom. The number of carboxylic acid groups (broad SMARTS) is 1. The van der Waals surface area contributed by atoms with Gasteiger partial charge in [0.25, 0.3) is 0 Å². The van der Waals surface area contributed by atoms with E-state index in [0.717, 1.165) is 11.3 Å². The van der Waals surface area contributed by atoms with E-state index >= 15 is 0 Å². The molecule has 0 fully saturated rings. The fraction of sp³-hybridized carbons (Fsp3) is 0.0714. The van der Waals surface area contributed by atoms with Crippen LogP contribution in [0.4, 0.5) is 17.1 Å². The van der Waals surface area contributed by atoms with E-state index in [2.05, 4.69) is 5.32 Å². The van der Waals surface area contributed by atoms with Gasteiger partial charge in [-0.3, -0.25) is 0 Å². The molecule has 0 aromatic heterocycles. The lowest BCUT2D eigenvalue weighted by Crippen LogP contribution is -2.01. The Morgan fingerprint density at radius 3 is 2.63 bits per heavy atom. The van der Waals surface area contributed by atoms with Crippen LogP contribution in [0.25, 0.3) is 0 Å². The first kappa shape index (κ1) is 13.2. The maximum Gasteiger partial charge on any atom is 0.335 e. The number of carbonyl (C=O) groups is 1. The minimum absolute atomic E-state index is 0.176. The Morgan fingerprint density at radius 1 is 1.26 bits per heavy atom. The van der Waals surface area contributed by atoms with E-state index in [0.29, 0.717) is 16.4 Å². The van der Waals surface area contributed by atoms with E-state index in [1.54, 1.807) is 12.1 Å². The molecule has 0 spiro atoms. The number of rotatable bonds is 3. The molecule has 0 unspecified atom stereocenters. The van der Waals surface area contributed by atoms with Gasteiger partial charge in [-0.2, -0.15) is 0 Å². The molecule has 0 amide bonds. The molecule has 98 valence electrons. The van der Waals surface area contributed by atoms with E-state index in [-0.39, 0.29) is 5.56 Å². The summed E-state index contributed by atoms with van der Waals surface area (Å²) in [6.45, 7) is 1.91. The third kappa shape index (κ3) is 2.98. The van der Waals surface area contributed by atoms with Crippen LogP contribution in [0.3, 0.4) is 0 Å². The molecule has 2 aromatic rings. The molecule has 0 saturated carbocycles. The van der Waals surface area contributed by atoms with E-state index in [1.807, 2.05) is 19.1 Å². The molecule has 0 bridgehead atoms. The van der Waals surface area contributed by atoms with Crippen molar-refractivity contribution in [3.63, 3.8) is 0 Å². The summed E-state index contributed by atoms with van der Waals surface area (Å²) in [6.07, 6.45) is 0. The molecule has 4 N–H and O–H groups in total. The predicted octanol–water partition coefficient (Wildman–Crippen LogP) is 3.67. The molecule has 0 saturated heterocycles. The van der Waals surface area contributed by atoms with E-state index in [1.165, 1.54) is 12.1 Å². The SMILES string of the molecule is Cc1ccc(Nc2cc(C(=O)O)ccc2N)cc1Cl. The Hall–Kier alpha value is -2.20. The maximum absolute atomic E-state index is 10.9. The van der Waals surface area contributed by atoms with Gasteiger partial charge in [-0.05, 0) is 42.8 Å². The molecule has 0 aliphatic carbocycles. The highest BCUT2D eigenvalue weighted by molar-refractivity contribution is 6.31. The summed E-state index contributed by atoms with van der Waals surface area (Å²) in [5.41, 5.74) is 8.73. The van der Waals surface area contributed by atoms with Crippen molar-refractivity contribution in [2.45, 2.75) is 6.92 Å². The number of hydrogen-bond donors (Lipinski definition) is 3. The summed E-state index contributed by atoms with van der Waals surface area (Å²) in [4.78, 5) is 10.9. The third-order valence-corrected chi connectivity index (χ3v) is 3.16. The quantitative estimate of drug-likeness (QED) is 0.748. The molecule has 0 aliphatic heterocycles. The van der Waals surface area contributed by atoms with Gasteiger partial charge in [-0.15, -0.1) is 0 Å². The van der Waals surface area contributed by atoms with Gasteiger partial charge in [0, 0.05) is 10.7 Å². The normalized spacial score (nSPS) is 10.2. The van der Waals surface area contributed by atoms with Gasteiger partial charge >= 0.3 is 5.97 Å². The first-order chi connectivity index (χ1) is 8.97. The molecule has 2 rings (SSSR count). The van der Waals surface area contributed by atoms with Gasteiger partial charge in [-0.1, -0.05) is 17.7 Å². The number of aromatic carboxylic acids is 1. The van der Waals surface area contributed by atoms with Crippen LogP contribution in [0.5, 0.6) is 0 Å². The second-order valence-corrected chi connectivity index (χ2v) is 4.60. The number of hydrogen-bond acceptors (Lipinski definition) is 3. The molecule has 0 heterocycles. The average Bonchev–Trinajstić information content (AvgIpc) is 2.36. The topological polar surface area (TPSA) is 75.3 Å². The van der Waals surface area contributed by atoms with Crippen LogP contribution < -0.4 is 11.1 Å². The smallest absolute Gasteiger partial charge is 0.335 e. The van der Waals surface area contributed by atoms with Crippen LogP contribution in [0.1, 0.15) is 15.9 Å². The largest absolute Gasteiger partial charge is 0.478 e. The molecule has 19 heavy (non-hydrogen) atoms. The molecule has 0 atom stereocenters. The summed E-state index contributed by atoms with van der Waals surface area (Å²) in [7, 11) is 0. The van der Waals surface area contributed by atoms with Crippen molar-refractivity contribution in [1.82, 2.24) is 0 Å². The summed E-state index contributed by atoms with van der Waals surface area (Å²) in [5, 5.41) is 12.7. The van der Waals surface area contributed by atoms with Gasteiger partial charge < -0.3 is 16.2 Å². The second kappa shape index (κ2) is 5.20. The fourth-order valence-electron chi connectivity index (χ4n) is 1.62. The summed E-state index contributed by atoms with van der Waals surface area (Å²) in [5.74, 6) is -0.995. The van der Waals surface area contributed by atoms with Crippen molar-refractivity contribution in [2.75, 3.05) is 11.1 Å². The highest BCUT2D eigenvalue weighted by atomic mass is 35.5. The fourth-order valence-corrected chi connectivity index (χ4v) is 1.80. The molecule has 0 aliphatic rings. The predicted molar refractivity (Wildman–Crippen MR) is 77.3 cm³/mol. The zero-order valence-corrected chi connectivity index (χ0v) is 11.0. The number of nitrogen functional groups attached to an aromatic ring is 1. The van der Waals surface area contributed by atoms with Crippen molar-refractivity contribution in [3.05, 3.63) is 52.5 Å². The zero-order chi connectivity index (χ0) is 14.0. The van der Waals surface area contributed by atoms with Gasteiger partial charge in [0.05, 0.1) is 16.9 Å². The lowest BCUT2D eigenvalue weighted by molar-refractivity contribution is 0.0697. The van der Waals surface area contributed by atoms with Crippen LogP contribution >= 0.6 is 11.6 Å². The average molecular weight is 277 g/mol. The monoisotopic (exact) mass is 276 g/mol. The molecular formula is C14H13ClN2O2. The number of halogens is 1. The maximum atomic E-state index is 10.9. The minimum atomic E-state index is -0.995. The summed E-state index contributed by atoms with van der Waals surface area (Å²) in [6, 6.07) is 10.0. The van der Waals surface area contributed by atoms with Gasteiger partial charge in [-0.25, -0.2) is 4.79 Å². The Bertz CT molecular complexity index is 641. The van der Waals surface area contributed by atoms with Gasteiger partial charge in [0.2, 0.25) is 0 Å². The van der Waals surface area contributed by atoms with Crippen molar-refractivity contribution < 1.29 is 9.90 Å². The van der Waals surface area contributed by atoms with Gasteiger partial charge in [0.1, 0.15) is 0 Å². The van der Waals surface area contributed by atoms with Crippen LogP contribution in [0.2, 0.25) is 5.02 Å².